The molecule has 1 saturated heterocycles. The molecule has 2 N–H and O–H groups in total. The Morgan fingerprint density at radius 2 is 2.00 bits per heavy atom. The third-order valence-corrected chi connectivity index (χ3v) is 4.26. The maximum absolute atomic E-state index is 6.05. The van der Waals surface area contributed by atoms with E-state index in [0.29, 0.717) is 17.9 Å². The van der Waals surface area contributed by atoms with Gasteiger partial charge in [-0.2, -0.15) is 0 Å². The van der Waals surface area contributed by atoms with E-state index in [1.54, 1.807) is 0 Å². The van der Waals surface area contributed by atoms with Crippen molar-refractivity contribution in [3.05, 3.63) is 0 Å². The maximum Gasteiger partial charge on any atom is 0.190 e. The molecule has 0 radical (unpaired) electrons. The average Bonchev–Trinajstić information content (AvgIpc) is 2.52. The summed E-state index contributed by atoms with van der Waals surface area (Å²) in [5, 5.41) is 6.84. The van der Waals surface area contributed by atoms with Crippen LogP contribution in [0.3, 0.4) is 0 Å². The lowest BCUT2D eigenvalue weighted by Gasteiger charge is -2.40. The summed E-state index contributed by atoms with van der Waals surface area (Å²) in [6, 6.07) is 0. The van der Waals surface area contributed by atoms with Gasteiger partial charge in [0.05, 0.1) is 6.10 Å². The molecular formula is C19H40IN3O2. The predicted molar refractivity (Wildman–Crippen MR) is 117 cm³/mol. The second-order valence-electron chi connectivity index (χ2n) is 8.26. The molecular weight excluding hydrogens is 429 g/mol. The molecule has 0 saturated carbocycles. The second-order valence-corrected chi connectivity index (χ2v) is 8.26. The van der Waals surface area contributed by atoms with Crippen LogP contribution < -0.4 is 10.6 Å². The van der Waals surface area contributed by atoms with Crippen molar-refractivity contribution in [2.24, 2.45) is 22.2 Å². The Bertz CT molecular complexity index is 370. The van der Waals surface area contributed by atoms with Crippen LogP contribution in [0.5, 0.6) is 0 Å². The first kappa shape index (κ1) is 24.9. The van der Waals surface area contributed by atoms with Crippen molar-refractivity contribution in [3.8, 4) is 0 Å². The molecule has 0 spiro atoms. The lowest BCUT2D eigenvalue weighted by molar-refractivity contribution is -0.0835. The van der Waals surface area contributed by atoms with Gasteiger partial charge in [0.2, 0.25) is 0 Å². The molecule has 2 atom stereocenters. The molecule has 1 rings (SSSR count). The number of nitrogens with one attached hydrogen (secondary N) is 2. The van der Waals surface area contributed by atoms with Gasteiger partial charge in [-0.3, -0.25) is 4.99 Å². The fourth-order valence-corrected chi connectivity index (χ4v) is 3.16. The van der Waals surface area contributed by atoms with E-state index in [2.05, 4.69) is 50.2 Å². The minimum absolute atomic E-state index is 0. The zero-order chi connectivity index (χ0) is 18.0. The van der Waals surface area contributed by atoms with Crippen LogP contribution in [0, 0.1) is 17.3 Å². The van der Waals surface area contributed by atoms with Gasteiger partial charge in [-0.05, 0) is 30.6 Å². The number of aliphatic imine (C=N–C) groups is 1. The van der Waals surface area contributed by atoms with Crippen molar-refractivity contribution in [1.82, 2.24) is 10.6 Å². The molecule has 1 aliphatic heterocycles. The van der Waals surface area contributed by atoms with Gasteiger partial charge in [0.1, 0.15) is 0 Å². The Labute approximate surface area is 172 Å². The van der Waals surface area contributed by atoms with E-state index in [0.717, 1.165) is 51.7 Å². The monoisotopic (exact) mass is 469 g/mol. The molecule has 0 bridgehead atoms. The first-order valence-corrected chi connectivity index (χ1v) is 9.48. The SMILES string of the molecule is CN=C(NCCCOCC(C)C)NCC1CCCOC1C(C)(C)C.I. The van der Waals surface area contributed by atoms with E-state index in [4.69, 9.17) is 9.47 Å². The molecule has 1 heterocycles. The van der Waals surface area contributed by atoms with Gasteiger partial charge in [0.25, 0.3) is 0 Å². The van der Waals surface area contributed by atoms with Crippen molar-refractivity contribution in [3.63, 3.8) is 0 Å². The molecule has 0 aromatic carbocycles. The second kappa shape index (κ2) is 13.1. The van der Waals surface area contributed by atoms with Crippen molar-refractivity contribution in [2.45, 2.75) is 60.0 Å². The molecule has 0 aromatic heterocycles. The Hall–Kier alpha value is -0.0800. The van der Waals surface area contributed by atoms with Crippen LogP contribution in [0.15, 0.2) is 4.99 Å². The number of guanidine groups is 1. The van der Waals surface area contributed by atoms with Crippen molar-refractivity contribution in [1.29, 1.82) is 0 Å². The van der Waals surface area contributed by atoms with Crippen LogP contribution in [0.25, 0.3) is 0 Å². The topological polar surface area (TPSA) is 54.9 Å². The van der Waals surface area contributed by atoms with Gasteiger partial charge in [-0.1, -0.05) is 34.6 Å². The number of halogens is 1. The molecule has 0 aromatic rings. The van der Waals surface area contributed by atoms with E-state index in [1.165, 1.54) is 6.42 Å². The summed E-state index contributed by atoms with van der Waals surface area (Å²) in [4.78, 5) is 4.32. The predicted octanol–water partition coefficient (Wildman–Crippen LogP) is 3.67. The summed E-state index contributed by atoms with van der Waals surface area (Å²) in [6.45, 7) is 15.4. The zero-order valence-corrected chi connectivity index (χ0v) is 19.4. The molecule has 2 unspecified atom stereocenters. The number of hydrogen-bond acceptors (Lipinski definition) is 3. The molecule has 0 amide bonds. The smallest absolute Gasteiger partial charge is 0.190 e. The summed E-state index contributed by atoms with van der Waals surface area (Å²) < 4.78 is 11.6. The van der Waals surface area contributed by atoms with Crippen LogP contribution >= 0.6 is 24.0 Å². The van der Waals surface area contributed by atoms with Crippen LogP contribution in [-0.4, -0.2) is 52.0 Å². The quantitative estimate of drug-likeness (QED) is 0.247. The molecule has 150 valence electrons. The van der Waals surface area contributed by atoms with Gasteiger partial charge in [0.15, 0.2) is 5.96 Å². The number of rotatable bonds is 8. The van der Waals surface area contributed by atoms with E-state index in [9.17, 15) is 0 Å². The lowest BCUT2D eigenvalue weighted by atomic mass is 9.78. The fraction of sp³-hybridized carbons (Fsp3) is 0.947. The third kappa shape index (κ3) is 10.6. The molecule has 1 aliphatic rings. The first-order chi connectivity index (χ1) is 11.3. The summed E-state index contributed by atoms with van der Waals surface area (Å²) in [6.07, 6.45) is 3.67. The maximum atomic E-state index is 6.05. The van der Waals surface area contributed by atoms with Crippen LogP contribution in [0.4, 0.5) is 0 Å². The summed E-state index contributed by atoms with van der Waals surface area (Å²) in [5.74, 6) is 2.00. The third-order valence-electron chi connectivity index (χ3n) is 4.26. The largest absolute Gasteiger partial charge is 0.381 e. The van der Waals surface area contributed by atoms with E-state index < -0.39 is 0 Å². The number of ether oxygens (including phenoxy) is 2. The van der Waals surface area contributed by atoms with Crippen LogP contribution in [-0.2, 0) is 9.47 Å². The van der Waals surface area contributed by atoms with Crippen LogP contribution in [0.2, 0.25) is 0 Å². The molecule has 0 aliphatic carbocycles. The molecule has 5 nitrogen and oxygen atoms in total. The van der Waals surface area contributed by atoms with E-state index in [-0.39, 0.29) is 29.4 Å². The number of hydrogen-bond donors (Lipinski definition) is 2. The highest BCUT2D eigenvalue weighted by molar-refractivity contribution is 14.0. The highest BCUT2D eigenvalue weighted by Crippen LogP contribution is 2.33. The first-order valence-electron chi connectivity index (χ1n) is 9.48. The average molecular weight is 469 g/mol. The minimum atomic E-state index is 0. The molecule has 1 fully saturated rings. The highest BCUT2D eigenvalue weighted by atomic mass is 127. The Kier molecular flexibility index (Phi) is 13.1. The Morgan fingerprint density at radius 3 is 2.60 bits per heavy atom. The summed E-state index contributed by atoms with van der Waals surface area (Å²) >= 11 is 0. The number of nitrogens with zero attached hydrogens (tertiary/aromatic N) is 1. The van der Waals surface area contributed by atoms with Crippen molar-refractivity contribution < 1.29 is 9.47 Å². The van der Waals surface area contributed by atoms with Gasteiger partial charge in [0, 0.05) is 45.9 Å². The minimum Gasteiger partial charge on any atom is -0.381 e. The zero-order valence-electron chi connectivity index (χ0n) is 17.1. The van der Waals surface area contributed by atoms with Gasteiger partial charge in [-0.15, -0.1) is 24.0 Å². The fourth-order valence-electron chi connectivity index (χ4n) is 3.16. The van der Waals surface area contributed by atoms with E-state index >= 15 is 0 Å². The van der Waals surface area contributed by atoms with Gasteiger partial charge < -0.3 is 20.1 Å². The van der Waals surface area contributed by atoms with Crippen molar-refractivity contribution in [2.75, 3.05) is 40.0 Å². The lowest BCUT2D eigenvalue weighted by Crippen LogP contribution is -2.47. The Morgan fingerprint density at radius 1 is 1.28 bits per heavy atom. The van der Waals surface area contributed by atoms with Gasteiger partial charge >= 0.3 is 0 Å². The molecule has 25 heavy (non-hydrogen) atoms. The highest BCUT2D eigenvalue weighted by Gasteiger charge is 2.35. The normalized spacial score (nSPS) is 21.8. The van der Waals surface area contributed by atoms with E-state index in [1.807, 2.05) is 7.05 Å². The van der Waals surface area contributed by atoms with Crippen molar-refractivity contribution >= 4 is 29.9 Å². The van der Waals surface area contributed by atoms with Crippen LogP contribution in [0.1, 0.15) is 53.9 Å². The standard InChI is InChI=1S/C19H39N3O2.HI/c1-15(2)14-23-11-8-10-21-18(20-6)22-13-16-9-7-12-24-17(16)19(3,4)5;/h15-17H,7-14H2,1-6H3,(H2,20,21,22);1H. The molecule has 6 heteroatoms. The van der Waals surface area contributed by atoms with Gasteiger partial charge in [-0.25, -0.2) is 0 Å². The summed E-state index contributed by atoms with van der Waals surface area (Å²) in [5.41, 5.74) is 0.178. The Balaban J connectivity index is 0.00000576. The summed E-state index contributed by atoms with van der Waals surface area (Å²) in [7, 11) is 1.82.